The molecule has 1 aliphatic rings. The minimum Gasteiger partial charge on any atom is -0.339 e. The number of amides is 1. The summed E-state index contributed by atoms with van der Waals surface area (Å²) in [6.07, 6.45) is 3.29. The van der Waals surface area contributed by atoms with Crippen LogP contribution in [0, 0.1) is 5.82 Å². The molecular weight excluding hydrogens is 317 g/mol. The third-order valence-corrected chi connectivity index (χ3v) is 4.85. The predicted octanol–water partition coefficient (Wildman–Crippen LogP) is 2.29. The van der Waals surface area contributed by atoms with Crippen LogP contribution in [0.3, 0.4) is 0 Å². The smallest absolute Gasteiger partial charge is 0.233 e. The van der Waals surface area contributed by atoms with Crippen LogP contribution in [0.1, 0.15) is 26.2 Å². The SMILES string of the molecule is C[C@H]1CCCCN1C(=O)CSc1nnnn1-c1cccc(F)c1. The number of hydrogen-bond donors (Lipinski definition) is 0. The highest BCUT2D eigenvalue weighted by Gasteiger charge is 2.23. The van der Waals surface area contributed by atoms with Gasteiger partial charge in [-0.2, -0.15) is 4.68 Å². The average molecular weight is 335 g/mol. The summed E-state index contributed by atoms with van der Waals surface area (Å²) in [7, 11) is 0. The number of nitrogens with zero attached hydrogens (tertiary/aromatic N) is 5. The number of piperidine rings is 1. The Hall–Kier alpha value is -1.96. The van der Waals surface area contributed by atoms with Crippen LogP contribution in [0.2, 0.25) is 0 Å². The quantitative estimate of drug-likeness (QED) is 0.802. The number of hydrogen-bond acceptors (Lipinski definition) is 5. The Kier molecular flexibility index (Phi) is 4.90. The van der Waals surface area contributed by atoms with Crippen molar-refractivity contribution in [3.63, 3.8) is 0 Å². The maximum atomic E-state index is 13.3. The molecular formula is C15H18FN5OS. The number of likely N-dealkylation sites (tertiary alicyclic amines) is 1. The lowest BCUT2D eigenvalue weighted by Gasteiger charge is -2.33. The van der Waals surface area contributed by atoms with Gasteiger partial charge in [-0.05, 0) is 54.8 Å². The number of benzene rings is 1. The van der Waals surface area contributed by atoms with Gasteiger partial charge in [-0.3, -0.25) is 4.79 Å². The van der Waals surface area contributed by atoms with Crippen LogP contribution in [-0.2, 0) is 4.79 Å². The molecule has 0 unspecified atom stereocenters. The van der Waals surface area contributed by atoms with Crippen LogP contribution in [0.5, 0.6) is 0 Å². The molecule has 0 N–H and O–H groups in total. The van der Waals surface area contributed by atoms with E-state index in [2.05, 4.69) is 22.4 Å². The van der Waals surface area contributed by atoms with E-state index in [1.165, 1.54) is 35.0 Å². The highest BCUT2D eigenvalue weighted by molar-refractivity contribution is 7.99. The molecule has 2 aromatic rings. The fourth-order valence-corrected chi connectivity index (χ4v) is 3.49. The molecule has 23 heavy (non-hydrogen) atoms. The lowest BCUT2D eigenvalue weighted by Crippen LogP contribution is -2.42. The maximum absolute atomic E-state index is 13.3. The molecule has 122 valence electrons. The molecule has 1 amide bonds. The van der Waals surface area contributed by atoms with E-state index in [1.807, 2.05) is 4.90 Å². The van der Waals surface area contributed by atoms with Gasteiger partial charge in [0.25, 0.3) is 0 Å². The molecule has 0 aliphatic carbocycles. The molecule has 1 aromatic heterocycles. The number of halogens is 1. The monoisotopic (exact) mass is 335 g/mol. The summed E-state index contributed by atoms with van der Waals surface area (Å²) in [5.74, 6) is 0.0168. The van der Waals surface area contributed by atoms with Crippen molar-refractivity contribution in [2.75, 3.05) is 12.3 Å². The van der Waals surface area contributed by atoms with Crippen molar-refractivity contribution in [2.24, 2.45) is 0 Å². The van der Waals surface area contributed by atoms with E-state index in [4.69, 9.17) is 0 Å². The molecule has 1 aliphatic heterocycles. The van der Waals surface area contributed by atoms with Gasteiger partial charge in [0.15, 0.2) is 0 Å². The van der Waals surface area contributed by atoms with Crippen LogP contribution in [0.4, 0.5) is 4.39 Å². The fraction of sp³-hybridized carbons (Fsp3) is 0.467. The summed E-state index contributed by atoms with van der Waals surface area (Å²) in [5, 5.41) is 11.9. The van der Waals surface area contributed by atoms with Gasteiger partial charge >= 0.3 is 0 Å². The Morgan fingerprint density at radius 2 is 2.30 bits per heavy atom. The lowest BCUT2D eigenvalue weighted by atomic mass is 10.0. The lowest BCUT2D eigenvalue weighted by molar-refractivity contribution is -0.131. The van der Waals surface area contributed by atoms with Gasteiger partial charge < -0.3 is 4.90 Å². The number of thioether (sulfide) groups is 1. The van der Waals surface area contributed by atoms with E-state index in [-0.39, 0.29) is 23.5 Å². The Labute approximate surface area is 138 Å². The summed E-state index contributed by atoms with van der Waals surface area (Å²) in [5.41, 5.74) is 0.538. The van der Waals surface area contributed by atoms with Crippen molar-refractivity contribution in [3.05, 3.63) is 30.1 Å². The zero-order chi connectivity index (χ0) is 16.2. The molecule has 8 heteroatoms. The van der Waals surface area contributed by atoms with E-state index < -0.39 is 0 Å². The van der Waals surface area contributed by atoms with Crippen LogP contribution < -0.4 is 0 Å². The van der Waals surface area contributed by atoms with Crippen LogP contribution in [-0.4, -0.2) is 49.4 Å². The second kappa shape index (κ2) is 7.08. The summed E-state index contributed by atoms with van der Waals surface area (Å²) in [4.78, 5) is 14.3. The zero-order valence-corrected chi connectivity index (χ0v) is 13.7. The Morgan fingerprint density at radius 3 is 3.09 bits per heavy atom. The van der Waals surface area contributed by atoms with Crippen molar-refractivity contribution in [1.82, 2.24) is 25.1 Å². The predicted molar refractivity (Wildman–Crippen MR) is 84.9 cm³/mol. The van der Waals surface area contributed by atoms with E-state index in [1.54, 1.807) is 12.1 Å². The highest BCUT2D eigenvalue weighted by Crippen LogP contribution is 2.22. The first-order valence-electron chi connectivity index (χ1n) is 7.62. The molecule has 2 heterocycles. The molecule has 1 aromatic carbocycles. The van der Waals surface area contributed by atoms with Crippen molar-refractivity contribution < 1.29 is 9.18 Å². The molecule has 0 radical (unpaired) electrons. The van der Waals surface area contributed by atoms with Crippen molar-refractivity contribution >= 4 is 17.7 Å². The van der Waals surface area contributed by atoms with E-state index in [9.17, 15) is 9.18 Å². The molecule has 0 saturated carbocycles. The van der Waals surface area contributed by atoms with Crippen LogP contribution >= 0.6 is 11.8 Å². The topological polar surface area (TPSA) is 63.9 Å². The van der Waals surface area contributed by atoms with Crippen LogP contribution in [0.25, 0.3) is 5.69 Å². The number of carbonyl (C=O) groups excluding carboxylic acids is 1. The van der Waals surface area contributed by atoms with Crippen LogP contribution in [0.15, 0.2) is 29.4 Å². The van der Waals surface area contributed by atoms with Gasteiger partial charge in [0.1, 0.15) is 5.82 Å². The second-order valence-electron chi connectivity index (χ2n) is 5.57. The first kappa shape index (κ1) is 15.9. The van der Waals surface area contributed by atoms with E-state index in [0.717, 1.165) is 19.4 Å². The summed E-state index contributed by atoms with van der Waals surface area (Å²) >= 11 is 1.27. The fourth-order valence-electron chi connectivity index (χ4n) is 2.72. The molecule has 3 rings (SSSR count). The summed E-state index contributed by atoms with van der Waals surface area (Å²) in [6.45, 7) is 2.90. The second-order valence-corrected chi connectivity index (χ2v) is 6.52. The Bertz CT molecular complexity index is 692. The number of aromatic nitrogens is 4. The third kappa shape index (κ3) is 3.69. The minimum absolute atomic E-state index is 0.0935. The highest BCUT2D eigenvalue weighted by atomic mass is 32.2. The van der Waals surface area contributed by atoms with Gasteiger partial charge in [0.05, 0.1) is 11.4 Å². The molecule has 0 spiro atoms. The van der Waals surface area contributed by atoms with Gasteiger partial charge in [0.2, 0.25) is 11.1 Å². The van der Waals surface area contributed by atoms with Crippen molar-refractivity contribution in [2.45, 2.75) is 37.4 Å². The Morgan fingerprint density at radius 1 is 1.43 bits per heavy atom. The molecule has 6 nitrogen and oxygen atoms in total. The number of tetrazole rings is 1. The first-order chi connectivity index (χ1) is 11.1. The molecule has 1 fully saturated rings. The van der Waals surface area contributed by atoms with Crippen molar-refractivity contribution in [1.29, 1.82) is 0 Å². The summed E-state index contributed by atoms with van der Waals surface area (Å²) in [6, 6.07) is 6.33. The number of carbonyl (C=O) groups is 1. The van der Waals surface area contributed by atoms with Gasteiger partial charge in [-0.25, -0.2) is 4.39 Å². The molecule has 0 bridgehead atoms. The average Bonchev–Trinajstić information content (AvgIpc) is 3.01. The normalized spacial score (nSPS) is 18.2. The van der Waals surface area contributed by atoms with Gasteiger partial charge in [-0.1, -0.05) is 17.8 Å². The summed E-state index contributed by atoms with van der Waals surface area (Å²) < 4.78 is 14.8. The van der Waals surface area contributed by atoms with Gasteiger partial charge in [0, 0.05) is 12.6 Å². The zero-order valence-electron chi connectivity index (χ0n) is 12.9. The standard InChI is InChI=1S/C15H18FN5OS/c1-11-5-2-3-8-20(11)14(22)10-23-15-17-18-19-21(15)13-7-4-6-12(16)9-13/h4,6-7,9,11H,2-3,5,8,10H2,1H3/t11-/m0/s1. The first-order valence-corrected chi connectivity index (χ1v) is 8.60. The van der Waals surface area contributed by atoms with E-state index >= 15 is 0 Å². The molecule has 1 atom stereocenters. The largest absolute Gasteiger partial charge is 0.339 e. The maximum Gasteiger partial charge on any atom is 0.233 e. The van der Waals surface area contributed by atoms with Crippen molar-refractivity contribution in [3.8, 4) is 5.69 Å². The molecule has 1 saturated heterocycles. The minimum atomic E-state index is -0.354. The number of rotatable bonds is 4. The van der Waals surface area contributed by atoms with E-state index in [0.29, 0.717) is 10.8 Å². The Balaban J connectivity index is 1.67. The van der Waals surface area contributed by atoms with Gasteiger partial charge in [-0.15, -0.1) is 5.10 Å². The third-order valence-electron chi connectivity index (χ3n) is 3.94.